The lowest BCUT2D eigenvalue weighted by atomic mass is 10.1. The molecule has 0 bridgehead atoms. The van der Waals surface area contributed by atoms with E-state index in [0.29, 0.717) is 13.2 Å². The molecule has 1 aromatic heterocycles. The zero-order chi connectivity index (χ0) is 16.9. The fraction of sp³-hybridized carbons (Fsp3) is 0.263. The van der Waals surface area contributed by atoms with Gasteiger partial charge in [0.05, 0.1) is 13.2 Å². The van der Waals surface area contributed by atoms with E-state index in [1.54, 1.807) is 26.4 Å². The molecule has 2 aromatic rings. The largest absolute Gasteiger partial charge is 0.345 e. The Labute approximate surface area is 141 Å². The molecule has 0 fully saturated rings. The van der Waals surface area contributed by atoms with Gasteiger partial charge in [-0.15, -0.1) is 0 Å². The smallest absolute Gasteiger partial charge is 0.246 e. The number of benzene rings is 1. The number of rotatable bonds is 5. The van der Waals surface area contributed by atoms with E-state index in [9.17, 15) is 4.79 Å². The molecule has 5 nitrogen and oxygen atoms in total. The van der Waals surface area contributed by atoms with Gasteiger partial charge in [-0.1, -0.05) is 30.3 Å². The predicted octanol–water partition coefficient (Wildman–Crippen LogP) is 2.93. The fourth-order valence-corrected chi connectivity index (χ4v) is 2.46. The van der Waals surface area contributed by atoms with E-state index in [1.807, 2.05) is 42.5 Å². The second-order valence-corrected chi connectivity index (χ2v) is 5.77. The average Bonchev–Trinajstić information content (AvgIpc) is 3.01. The molecule has 3 rings (SSSR count). The minimum atomic E-state index is -0.443. The number of amides is 1. The van der Waals surface area contributed by atoms with Gasteiger partial charge in [0.2, 0.25) is 12.2 Å². The van der Waals surface area contributed by atoms with Crippen molar-refractivity contribution in [2.75, 3.05) is 14.1 Å². The fourth-order valence-electron chi connectivity index (χ4n) is 2.46. The number of pyridine rings is 1. The quantitative estimate of drug-likeness (QED) is 0.794. The van der Waals surface area contributed by atoms with Gasteiger partial charge in [-0.3, -0.25) is 9.78 Å². The summed E-state index contributed by atoms with van der Waals surface area (Å²) in [5.74, 6) is -0.0528. The number of likely N-dealkylation sites (N-methyl/N-ethyl adjacent to an activating group) is 1. The SMILES string of the molecule is CN(C)C(=O)/C=C/c1ccccc1COC1OCc2cccnc21. The van der Waals surface area contributed by atoms with Crippen LogP contribution < -0.4 is 0 Å². The highest BCUT2D eigenvalue weighted by Crippen LogP contribution is 2.30. The molecule has 1 amide bonds. The molecule has 0 spiro atoms. The third kappa shape index (κ3) is 3.69. The molecular formula is C19H20N2O3. The van der Waals surface area contributed by atoms with Crippen molar-refractivity contribution in [1.82, 2.24) is 9.88 Å². The molecule has 0 saturated carbocycles. The van der Waals surface area contributed by atoms with Gasteiger partial charge >= 0.3 is 0 Å². The Balaban J connectivity index is 1.69. The van der Waals surface area contributed by atoms with Gasteiger partial charge in [0.1, 0.15) is 5.69 Å². The van der Waals surface area contributed by atoms with Crippen LogP contribution in [0.1, 0.15) is 28.7 Å². The molecular weight excluding hydrogens is 304 g/mol. The second kappa shape index (κ2) is 7.38. The van der Waals surface area contributed by atoms with Gasteiger partial charge < -0.3 is 14.4 Å². The first-order chi connectivity index (χ1) is 11.6. The molecule has 0 saturated heterocycles. The van der Waals surface area contributed by atoms with Crippen molar-refractivity contribution >= 4 is 12.0 Å². The van der Waals surface area contributed by atoms with Crippen LogP contribution in [-0.4, -0.2) is 29.9 Å². The highest BCUT2D eigenvalue weighted by atomic mass is 16.7. The monoisotopic (exact) mass is 324 g/mol. The normalized spacial score (nSPS) is 16.3. The molecule has 0 N–H and O–H groups in total. The van der Waals surface area contributed by atoms with Crippen molar-refractivity contribution in [3.8, 4) is 0 Å². The van der Waals surface area contributed by atoms with Crippen LogP contribution >= 0.6 is 0 Å². The van der Waals surface area contributed by atoms with Crippen molar-refractivity contribution < 1.29 is 14.3 Å². The third-order valence-corrected chi connectivity index (χ3v) is 3.83. The maximum Gasteiger partial charge on any atom is 0.246 e. The zero-order valence-electron chi connectivity index (χ0n) is 13.8. The van der Waals surface area contributed by atoms with Gasteiger partial charge in [0, 0.05) is 31.9 Å². The first kappa shape index (κ1) is 16.4. The van der Waals surface area contributed by atoms with Crippen LogP contribution in [0.2, 0.25) is 0 Å². The molecule has 1 atom stereocenters. The molecule has 5 heteroatoms. The summed E-state index contributed by atoms with van der Waals surface area (Å²) in [6.45, 7) is 0.907. The Morgan fingerprint density at radius 1 is 1.33 bits per heavy atom. The molecule has 124 valence electrons. The Morgan fingerprint density at radius 3 is 3.00 bits per heavy atom. The number of carbonyl (C=O) groups excluding carboxylic acids is 1. The van der Waals surface area contributed by atoms with E-state index in [-0.39, 0.29) is 5.91 Å². The Hall–Kier alpha value is -2.50. The number of ether oxygens (including phenoxy) is 2. The maximum absolute atomic E-state index is 11.7. The summed E-state index contributed by atoms with van der Waals surface area (Å²) >= 11 is 0. The van der Waals surface area contributed by atoms with Crippen LogP contribution in [0.3, 0.4) is 0 Å². The lowest BCUT2D eigenvalue weighted by Crippen LogP contribution is -2.18. The van der Waals surface area contributed by atoms with E-state index in [0.717, 1.165) is 22.4 Å². The molecule has 1 aliphatic rings. The molecule has 2 heterocycles. The van der Waals surface area contributed by atoms with E-state index < -0.39 is 6.29 Å². The van der Waals surface area contributed by atoms with Crippen molar-refractivity contribution in [2.45, 2.75) is 19.5 Å². The van der Waals surface area contributed by atoms with Crippen LogP contribution in [0.4, 0.5) is 0 Å². The maximum atomic E-state index is 11.7. The van der Waals surface area contributed by atoms with E-state index in [2.05, 4.69) is 4.98 Å². The number of hydrogen-bond acceptors (Lipinski definition) is 4. The summed E-state index contributed by atoms with van der Waals surface area (Å²) in [4.78, 5) is 17.6. The highest BCUT2D eigenvalue weighted by Gasteiger charge is 2.25. The third-order valence-electron chi connectivity index (χ3n) is 3.83. The Morgan fingerprint density at radius 2 is 2.17 bits per heavy atom. The second-order valence-electron chi connectivity index (χ2n) is 5.77. The average molecular weight is 324 g/mol. The zero-order valence-corrected chi connectivity index (χ0v) is 13.8. The predicted molar refractivity (Wildman–Crippen MR) is 90.7 cm³/mol. The van der Waals surface area contributed by atoms with Crippen LogP contribution in [0.15, 0.2) is 48.7 Å². The summed E-state index contributed by atoms with van der Waals surface area (Å²) < 4.78 is 11.5. The Kier molecular flexibility index (Phi) is 5.03. The number of carbonyl (C=O) groups is 1. The number of aromatic nitrogens is 1. The summed E-state index contributed by atoms with van der Waals surface area (Å²) in [5, 5.41) is 0. The lowest BCUT2D eigenvalue weighted by molar-refractivity contribution is -0.147. The summed E-state index contributed by atoms with van der Waals surface area (Å²) in [7, 11) is 3.45. The van der Waals surface area contributed by atoms with Gasteiger partial charge in [0.15, 0.2) is 0 Å². The minimum Gasteiger partial charge on any atom is -0.345 e. The van der Waals surface area contributed by atoms with Gasteiger partial charge in [0.25, 0.3) is 0 Å². The first-order valence-electron chi connectivity index (χ1n) is 7.79. The van der Waals surface area contributed by atoms with Crippen LogP contribution in [-0.2, 0) is 27.5 Å². The van der Waals surface area contributed by atoms with Gasteiger partial charge in [-0.05, 0) is 23.3 Å². The lowest BCUT2D eigenvalue weighted by Gasteiger charge is -2.13. The molecule has 1 unspecified atom stereocenters. The standard InChI is InChI=1S/C19H20N2O3/c1-21(2)17(22)10-9-14-6-3-4-7-15(14)12-23-19-18-16(13-24-19)8-5-11-20-18/h3-11,19H,12-13H2,1-2H3/b10-9+. The molecule has 24 heavy (non-hydrogen) atoms. The topological polar surface area (TPSA) is 51.7 Å². The summed E-state index contributed by atoms with van der Waals surface area (Å²) in [5.41, 5.74) is 3.85. The highest BCUT2D eigenvalue weighted by molar-refractivity contribution is 5.91. The summed E-state index contributed by atoms with van der Waals surface area (Å²) in [6, 6.07) is 11.7. The van der Waals surface area contributed by atoms with E-state index in [1.165, 1.54) is 4.90 Å². The van der Waals surface area contributed by atoms with Crippen molar-refractivity contribution in [3.05, 3.63) is 71.1 Å². The van der Waals surface area contributed by atoms with E-state index in [4.69, 9.17) is 9.47 Å². The first-order valence-corrected chi connectivity index (χ1v) is 7.79. The Bertz CT molecular complexity index is 756. The van der Waals surface area contributed by atoms with Crippen LogP contribution in [0.5, 0.6) is 0 Å². The van der Waals surface area contributed by atoms with Crippen LogP contribution in [0, 0.1) is 0 Å². The van der Waals surface area contributed by atoms with E-state index >= 15 is 0 Å². The minimum absolute atomic E-state index is 0.0528. The van der Waals surface area contributed by atoms with Gasteiger partial charge in [-0.25, -0.2) is 0 Å². The molecule has 1 aliphatic heterocycles. The number of nitrogens with zero attached hydrogens (tertiary/aromatic N) is 2. The molecule has 0 radical (unpaired) electrons. The number of hydrogen-bond donors (Lipinski definition) is 0. The molecule has 0 aliphatic carbocycles. The van der Waals surface area contributed by atoms with Gasteiger partial charge in [-0.2, -0.15) is 0 Å². The summed E-state index contributed by atoms with van der Waals surface area (Å²) in [6.07, 6.45) is 4.67. The van der Waals surface area contributed by atoms with Crippen molar-refractivity contribution in [1.29, 1.82) is 0 Å². The van der Waals surface area contributed by atoms with Crippen molar-refractivity contribution in [2.24, 2.45) is 0 Å². The van der Waals surface area contributed by atoms with Crippen molar-refractivity contribution in [3.63, 3.8) is 0 Å². The number of fused-ring (bicyclic) bond motifs is 1. The van der Waals surface area contributed by atoms with Crippen LogP contribution in [0.25, 0.3) is 6.08 Å². The molecule has 1 aromatic carbocycles.